The van der Waals surface area contributed by atoms with Crippen molar-refractivity contribution in [1.29, 1.82) is 0 Å². The first-order valence-corrected chi connectivity index (χ1v) is 10.7. The van der Waals surface area contributed by atoms with E-state index in [1.165, 1.54) is 13.0 Å². The number of para-hydroxylation sites is 1. The predicted molar refractivity (Wildman–Crippen MR) is 108 cm³/mol. The normalized spacial score (nSPS) is 12.3. The Balaban J connectivity index is 2.19. The Hall–Kier alpha value is -2.25. The van der Waals surface area contributed by atoms with Crippen molar-refractivity contribution < 1.29 is 17.9 Å². The SMILES string of the molecule is CCOc1ccccc1CNC(=O)C(C)N(c1cccc(Cl)c1)S(C)(=O)=O. The molecule has 1 N–H and O–H groups in total. The molecule has 0 aliphatic rings. The maximum Gasteiger partial charge on any atom is 0.243 e. The van der Waals surface area contributed by atoms with E-state index in [0.29, 0.717) is 23.1 Å². The first kappa shape index (κ1) is 21.1. The molecule has 0 radical (unpaired) electrons. The van der Waals surface area contributed by atoms with Crippen LogP contribution in [-0.2, 0) is 21.4 Å². The Bertz CT molecular complexity index is 902. The van der Waals surface area contributed by atoms with Crippen LogP contribution in [0.5, 0.6) is 5.75 Å². The number of nitrogens with one attached hydrogen (secondary N) is 1. The van der Waals surface area contributed by atoms with Gasteiger partial charge in [-0.1, -0.05) is 35.9 Å². The highest BCUT2D eigenvalue weighted by molar-refractivity contribution is 7.92. The van der Waals surface area contributed by atoms with Crippen molar-refractivity contribution in [2.24, 2.45) is 0 Å². The Kier molecular flexibility index (Phi) is 7.10. The average molecular weight is 411 g/mol. The van der Waals surface area contributed by atoms with Crippen LogP contribution in [0.25, 0.3) is 0 Å². The zero-order valence-corrected chi connectivity index (χ0v) is 17.0. The molecule has 146 valence electrons. The molecule has 0 fully saturated rings. The van der Waals surface area contributed by atoms with E-state index in [4.69, 9.17) is 16.3 Å². The van der Waals surface area contributed by atoms with Crippen LogP contribution in [0.4, 0.5) is 5.69 Å². The Morgan fingerprint density at radius 2 is 1.93 bits per heavy atom. The third kappa shape index (κ3) is 5.61. The van der Waals surface area contributed by atoms with Gasteiger partial charge in [0.2, 0.25) is 15.9 Å². The summed E-state index contributed by atoms with van der Waals surface area (Å²) in [5, 5.41) is 3.16. The van der Waals surface area contributed by atoms with Gasteiger partial charge in [0.05, 0.1) is 18.6 Å². The molecule has 1 amide bonds. The van der Waals surface area contributed by atoms with E-state index in [2.05, 4.69) is 5.32 Å². The number of carbonyl (C=O) groups is 1. The minimum Gasteiger partial charge on any atom is -0.494 e. The molecule has 0 bridgehead atoms. The van der Waals surface area contributed by atoms with Gasteiger partial charge in [0.15, 0.2) is 0 Å². The lowest BCUT2D eigenvalue weighted by atomic mass is 10.2. The lowest BCUT2D eigenvalue weighted by molar-refractivity contribution is -0.122. The largest absolute Gasteiger partial charge is 0.494 e. The predicted octanol–water partition coefficient (Wildman–Crippen LogP) is 3.21. The Morgan fingerprint density at radius 1 is 1.22 bits per heavy atom. The maximum atomic E-state index is 12.6. The van der Waals surface area contributed by atoms with Gasteiger partial charge in [-0.05, 0) is 38.1 Å². The van der Waals surface area contributed by atoms with E-state index in [1.54, 1.807) is 18.2 Å². The van der Waals surface area contributed by atoms with E-state index in [1.807, 2.05) is 31.2 Å². The summed E-state index contributed by atoms with van der Waals surface area (Å²) in [6.07, 6.45) is 1.06. The molecule has 27 heavy (non-hydrogen) atoms. The van der Waals surface area contributed by atoms with E-state index < -0.39 is 22.0 Å². The van der Waals surface area contributed by atoms with Crippen molar-refractivity contribution >= 4 is 33.2 Å². The third-order valence-electron chi connectivity index (χ3n) is 3.88. The van der Waals surface area contributed by atoms with Gasteiger partial charge in [0.25, 0.3) is 0 Å². The fourth-order valence-corrected chi connectivity index (χ4v) is 4.05. The molecule has 0 spiro atoms. The minimum atomic E-state index is -3.69. The first-order valence-electron chi connectivity index (χ1n) is 8.47. The first-order chi connectivity index (χ1) is 12.7. The van der Waals surface area contributed by atoms with E-state index in [9.17, 15) is 13.2 Å². The quantitative estimate of drug-likeness (QED) is 0.725. The third-order valence-corrected chi connectivity index (χ3v) is 5.35. The molecule has 2 aromatic rings. The molecule has 0 saturated heterocycles. The highest BCUT2D eigenvalue weighted by atomic mass is 35.5. The van der Waals surface area contributed by atoms with Crippen molar-refractivity contribution in [2.45, 2.75) is 26.4 Å². The van der Waals surface area contributed by atoms with Crippen molar-refractivity contribution in [2.75, 3.05) is 17.2 Å². The van der Waals surface area contributed by atoms with Crippen molar-refractivity contribution in [3.05, 3.63) is 59.1 Å². The van der Waals surface area contributed by atoms with Gasteiger partial charge in [0, 0.05) is 17.1 Å². The van der Waals surface area contributed by atoms with Gasteiger partial charge in [0.1, 0.15) is 11.8 Å². The second-order valence-corrected chi connectivity index (χ2v) is 8.27. The smallest absolute Gasteiger partial charge is 0.243 e. The number of rotatable bonds is 8. The fourth-order valence-electron chi connectivity index (χ4n) is 2.70. The second-order valence-electron chi connectivity index (χ2n) is 5.97. The van der Waals surface area contributed by atoms with E-state index >= 15 is 0 Å². The zero-order chi connectivity index (χ0) is 20.0. The molecular weight excluding hydrogens is 388 g/mol. The second kappa shape index (κ2) is 9.10. The molecule has 0 aliphatic carbocycles. The number of amides is 1. The summed E-state index contributed by atoms with van der Waals surface area (Å²) in [7, 11) is -3.69. The molecule has 1 unspecified atom stereocenters. The minimum absolute atomic E-state index is 0.229. The van der Waals surface area contributed by atoms with Crippen LogP contribution in [0.15, 0.2) is 48.5 Å². The van der Waals surface area contributed by atoms with E-state index in [0.717, 1.165) is 16.1 Å². The Morgan fingerprint density at radius 3 is 2.56 bits per heavy atom. The zero-order valence-electron chi connectivity index (χ0n) is 15.5. The van der Waals surface area contributed by atoms with Crippen LogP contribution >= 0.6 is 11.6 Å². The molecule has 0 saturated carbocycles. The molecule has 0 aromatic heterocycles. The molecule has 2 rings (SSSR count). The number of halogens is 1. The molecular formula is C19H23ClN2O4S. The highest BCUT2D eigenvalue weighted by Crippen LogP contribution is 2.24. The van der Waals surface area contributed by atoms with Gasteiger partial charge >= 0.3 is 0 Å². The highest BCUT2D eigenvalue weighted by Gasteiger charge is 2.29. The maximum absolute atomic E-state index is 12.6. The number of nitrogens with zero attached hydrogens (tertiary/aromatic N) is 1. The van der Waals surface area contributed by atoms with Gasteiger partial charge in [-0.15, -0.1) is 0 Å². The standard InChI is InChI=1S/C19H23ClN2O4S/c1-4-26-18-11-6-5-8-15(18)13-21-19(23)14(2)22(27(3,24)25)17-10-7-9-16(20)12-17/h5-12,14H,4,13H2,1-3H3,(H,21,23). The summed E-state index contributed by atoms with van der Waals surface area (Å²) in [6, 6.07) is 12.8. The number of sulfonamides is 1. The fraction of sp³-hybridized carbons (Fsp3) is 0.316. The number of hydrogen-bond acceptors (Lipinski definition) is 4. The van der Waals surface area contributed by atoms with Crippen molar-refractivity contribution in [1.82, 2.24) is 5.32 Å². The monoisotopic (exact) mass is 410 g/mol. The van der Waals surface area contributed by atoms with Crippen LogP contribution < -0.4 is 14.4 Å². The number of benzene rings is 2. The van der Waals surface area contributed by atoms with Gasteiger partial charge in [-0.3, -0.25) is 9.10 Å². The lowest BCUT2D eigenvalue weighted by Crippen LogP contribution is -2.47. The molecule has 6 nitrogen and oxygen atoms in total. The van der Waals surface area contributed by atoms with Crippen LogP contribution in [0.2, 0.25) is 5.02 Å². The number of hydrogen-bond donors (Lipinski definition) is 1. The number of ether oxygens (including phenoxy) is 1. The van der Waals surface area contributed by atoms with Gasteiger partial charge < -0.3 is 10.1 Å². The average Bonchev–Trinajstić information content (AvgIpc) is 2.60. The van der Waals surface area contributed by atoms with Crippen LogP contribution in [0.3, 0.4) is 0 Å². The molecule has 1 atom stereocenters. The lowest BCUT2D eigenvalue weighted by Gasteiger charge is -2.28. The summed E-state index contributed by atoms with van der Waals surface area (Å²) in [6.45, 7) is 4.16. The topological polar surface area (TPSA) is 75.7 Å². The van der Waals surface area contributed by atoms with Crippen LogP contribution in [-0.4, -0.2) is 33.2 Å². The van der Waals surface area contributed by atoms with Gasteiger partial charge in [-0.25, -0.2) is 8.42 Å². The number of carbonyl (C=O) groups excluding carboxylic acids is 1. The molecule has 2 aromatic carbocycles. The van der Waals surface area contributed by atoms with Gasteiger partial charge in [-0.2, -0.15) is 0 Å². The summed E-state index contributed by atoms with van der Waals surface area (Å²) in [5.74, 6) is 0.259. The Labute approximate surface area is 165 Å². The van der Waals surface area contributed by atoms with Crippen LogP contribution in [0.1, 0.15) is 19.4 Å². The number of anilines is 1. The molecule has 0 aliphatic heterocycles. The summed E-state index contributed by atoms with van der Waals surface area (Å²) in [5.41, 5.74) is 1.15. The summed E-state index contributed by atoms with van der Waals surface area (Å²) < 4.78 is 31.2. The van der Waals surface area contributed by atoms with Crippen molar-refractivity contribution in [3.8, 4) is 5.75 Å². The summed E-state index contributed by atoms with van der Waals surface area (Å²) >= 11 is 5.98. The molecule has 8 heteroatoms. The molecule has 0 heterocycles. The van der Waals surface area contributed by atoms with Crippen LogP contribution in [0, 0.1) is 0 Å². The van der Waals surface area contributed by atoms with E-state index in [-0.39, 0.29) is 6.54 Å². The van der Waals surface area contributed by atoms with Crippen molar-refractivity contribution in [3.63, 3.8) is 0 Å². The summed E-state index contributed by atoms with van der Waals surface area (Å²) in [4.78, 5) is 12.6.